The molecule has 0 saturated carbocycles. The number of nitro benzene ring substituents is 1. The SMILES string of the molecule is COC(=O)Cc1cc(Cl)cc(C)c1[N+](=O)[O-]. The van der Waals surface area contributed by atoms with Gasteiger partial charge in [-0.2, -0.15) is 0 Å². The van der Waals surface area contributed by atoms with Crippen molar-refractivity contribution in [2.75, 3.05) is 7.11 Å². The molecule has 1 aromatic carbocycles. The van der Waals surface area contributed by atoms with E-state index in [1.165, 1.54) is 19.2 Å². The van der Waals surface area contributed by atoms with Crippen molar-refractivity contribution in [2.24, 2.45) is 0 Å². The van der Waals surface area contributed by atoms with E-state index in [4.69, 9.17) is 11.6 Å². The van der Waals surface area contributed by atoms with Gasteiger partial charge in [0.15, 0.2) is 0 Å². The molecule has 6 heteroatoms. The molecular formula is C10H10ClNO4. The Kier molecular flexibility index (Phi) is 3.84. The van der Waals surface area contributed by atoms with Gasteiger partial charge in [0, 0.05) is 16.1 Å². The van der Waals surface area contributed by atoms with Crippen LogP contribution in [0.5, 0.6) is 0 Å². The number of hydrogen-bond acceptors (Lipinski definition) is 4. The summed E-state index contributed by atoms with van der Waals surface area (Å²) in [5.41, 5.74) is 0.605. The molecular weight excluding hydrogens is 234 g/mol. The number of nitrogens with zero attached hydrogens (tertiary/aromatic N) is 1. The Labute approximate surface area is 97.1 Å². The third kappa shape index (κ3) is 2.70. The number of ether oxygens (including phenoxy) is 1. The van der Waals surface area contributed by atoms with Crippen molar-refractivity contribution in [3.8, 4) is 0 Å². The fourth-order valence-electron chi connectivity index (χ4n) is 1.43. The van der Waals surface area contributed by atoms with Gasteiger partial charge in [-0.1, -0.05) is 11.6 Å². The molecule has 0 spiro atoms. The minimum Gasteiger partial charge on any atom is -0.469 e. The Morgan fingerprint density at radius 3 is 2.69 bits per heavy atom. The van der Waals surface area contributed by atoms with Gasteiger partial charge in [-0.15, -0.1) is 0 Å². The predicted molar refractivity (Wildman–Crippen MR) is 58.6 cm³/mol. The van der Waals surface area contributed by atoms with Crippen LogP contribution in [0.2, 0.25) is 5.02 Å². The first kappa shape index (κ1) is 12.4. The summed E-state index contributed by atoms with van der Waals surface area (Å²) in [4.78, 5) is 21.4. The van der Waals surface area contributed by atoms with Crippen LogP contribution < -0.4 is 0 Å². The summed E-state index contributed by atoms with van der Waals surface area (Å²) in [6.45, 7) is 1.57. The second kappa shape index (κ2) is 4.94. The highest BCUT2D eigenvalue weighted by molar-refractivity contribution is 6.30. The summed E-state index contributed by atoms with van der Waals surface area (Å²) < 4.78 is 4.46. The van der Waals surface area contributed by atoms with Crippen LogP contribution in [0.1, 0.15) is 11.1 Å². The van der Waals surface area contributed by atoms with E-state index in [1.807, 2.05) is 0 Å². The average Bonchev–Trinajstić information content (AvgIpc) is 2.15. The number of carbonyl (C=O) groups excluding carboxylic acids is 1. The van der Waals surface area contributed by atoms with Crippen LogP contribution >= 0.6 is 11.6 Å². The number of aryl methyl sites for hydroxylation is 1. The normalized spacial score (nSPS) is 9.94. The van der Waals surface area contributed by atoms with Crippen LogP contribution in [-0.2, 0) is 16.0 Å². The zero-order valence-corrected chi connectivity index (χ0v) is 9.58. The lowest BCUT2D eigenvalue weighted by Gasteiger charge is -2.05. The van der Waals surface area contributed by atoms with Gasteiger partial charge in [-0.25, -0.2) is 0 Å². The molecule has 0 aromatic heterocycles. The molecule has 0 bridgehead atoms. The molecule has 0 aliphatic heterocycles. The van der Waals surface area contributed by atoms with Crippen molar-refractivity contribution in [2.45, 2.75) is 13.3 Å². The quantitative estimate of drug-likeness (QED) is 0.464. The van der Waals surface area contributed by atoms with Crippen molar-refractivity contribution >= 4 is 23.3 Å². The second-order valence-corrected chi connectivity index (χ2v) is 3.68. The van der Waals surface area contributed by atoms with Crippen molar-refractivity contribution in [1.82, 2.24) is 0 Å². The fourth-order valence-corrected chi connectivity index (χ4v) is 1.72. The number of rotatable bonds is 3. The van der Waals surface area contributed by atoms with Gasteiger partial charge >= 0.3 is 5.97 Å². The smallest absolute Gasteiger partial charge is 0.310 e. The van der Waals surface area contributed by atoms with Gasteiger partial charge < -0.3 is 4.74 Å². The lowest BCUT2D eigenvalue weighted by molar-refractivity contribution is -0.386. The number of carbonyl (C=O) groups is 1. The summed E-state index contributed by atoms with van der Waals surface area (Å²) in [5.74, 6) is -0.537. The summed E-state index contributed by atoms with van der Waals surface area (Å²) in [7, 11) is 1.23. The Morgan fingerprint density at radius 1 is 1.56 bits per heavy atom. The van der Waals surface area contributed by atoms with Crippen LogP contribution in [0.25, 0.3) is 0 Å². The van der Waals surface area contributed by atoms with E-state index >= 15 is 0 Å². The Balaban J connectivity index is 3.24. The molecule has 0 N–H and O–H groups in total. The lowest BCUT2D eigenvalue weighted by atomic mass is 10.1. The highest BCUT2D eigenvalue weighted by Gasteiger charge is 2.20. The first-order valence-electron chi connectivity index (χ1n) is 4.46. The molecule has 0 heterocycles. The van der Waals surface area contributed by atoms with Crippen molar-refractivity contribution in [1.29, 1.82) is 0 Å². The Hall–Kier alpha value is -1.62. The maximum atomic E-state index is 11.1. The maximum absolute atomic E-state index is 11.1. The topological polar surface area (TPSA) is 69.4 Å². The minimum absolute atomic E-state index is 0.0881. The van der Waals surface area contributed by atoms with Crippen molar-refractivity contribution in [3.05, 3.63) is 38.4 Å². The third-order valence-corrected chi connectivity index (χ3v) is 2.31. The molecule has 0 aliphatic carbocycles. The minimum atomic E-state index is -0.537. The molecule has 0 saturated heterocycles. The first-order chi connectivity index (χ1) is 7.45. The average molecular weight is 244 g/mol. The zero-order chi connectivity index (χ0) is 12.3. The second-order valence-electron chi connectivity index (χ2n) is 3.24. The lowest BCUT2D eigenvalue weighted by Crippen LogP contribution is -2.07. The number of benzene rings is 1. The van der Waals surface area contributed by atoms with E-state index in [9.17, 15) is 14.9 Å². The highest BCUT2D eigenvalue weighted by atomic mass is 35.5. The molecule has 0 radical (unpaired) electrons. The van der Waals surface area contributed by atoms with E-state index in [0.29, 0.717) is 10.6 Å². The van der Waals surface area contributed by atoms with E-state index in [1.54, 1.807) is 6.92 Å². The number of nitro groups is 1. The first-order valence-corrected chi connectivity index (χ1v) is 4.83. The van der Waals surface area contributed by atoms with E-state index in [2.05, 4.69) is 4.74 Å². The molecule has 0 unspecified atom stereocenters. The van der Waals surface area contributed by atoms with Crippen LogP contribution in [0.15, 0.2) is 12.1 Å². The molecule has 86 valence electrons. The molecule has 0 fully saturated rings. The summed E-state index contributed by atoms with van der Waals surface area (Å²) in [5, 5.41) is 11.2. The molecule has 0 atom stereocenters. The number of esters is 1. The van der Waals surface area contributed by atoms with Gasteiger partial charge in [0.25, 0.3) is 5.69 Å². The summed E-state index contributed by atoms with van der Waals surface area (Å²) in [6, 6.07) is 2.89. The van der Waals surface area contributed by atoms with Crippen LogP contribution in [0, 0.1) is 17.0 Å². The fraction of sp³-hybridized carbons (Fsp3) is 0.300. The van der Waals surface area contributed by atoms with E-state index in [-0.39, 0.29) is 17.7 Å². The van der Waals surface area contributed by atoms with E-state index < -0.39 is 10.9 Å². The number of hydrogen-bond donors (Lipinski definition) is 0. The van der Waals surface area contributed by atoms with Crippen molar-refractivity contribution < 1.29 is 14.5 Å². The van der Waals surface area contributed by atoms with Crippen LogP contribution in [0.3, 0.4) is 0 Å². The largest absolute Gasteiger partial charge is 0.469 e. The highest BCUT2D eigenvalue weighted by Crippen LogP contribution is 2.27. The van der Waals surface area contributed by atoms with E-state index in [0.717, 1.165) is 0 Å². The Morgan fingerprint density at radius 2 is 2.19 bits per heavy atom. The van der Waals surface area contributed by atoms with Crippen LogP contribution in [0.4, 0.5) is 5.69 Å². The molecule has 5 nitrogen and oxygen atoms in total. The van der Waals surface area contributed by atoms with Gasteiger partial charge in [-0.3, -0.25) is 14.9 Å². The molecule has 1 rings (SSSR count). The monoisotopic (exact) mass is 243 g/mol. The van der Waals surface area contributed by atoms with Gasteiger partial charge in [-0.05, 0) is 19.1 Å². The van der Waals surface area contributed by atoms with Gasteiger partial charge in [0.1, 0.15) is 0 Å². The third-order valence-electron chi connectivity index (χ3n) is 2.09. The predicted octanol–water partition coefficient (Wildman–Crippen LogP) is 2.27. The molecule has 16 heavy (non-hydrogen) atoms. The number of halogens is 1. The van der Waals surface area contributed by atoms with Gasteiger partial charge in [0.05, 0.1) is 18.5 Å². The summed E-state index contributed by atoms with van der Waals surface area (Å²) >= 11 is 5.78. The number of methoxy groups -OCH3 is 1. The summed E-state index contributed by atoms with van der Waals surface area (Å²) in [6.07, 6.45) is -0.159. The Bertz CT molecular complexity index is 445. The standard InChI is InChI=1S/C10H10ClNO4/c1-6-3-8(11)4-7(5-9(13)16-2)10(6)12(14)15/h3-4H,5H2,1-2H3. The molecule has 0 aliphatic rings. The van der Waals surface area contributed by atoms with Crippen LogP contribution in [-0.4, -0.2) is 18.0 Å². The van der Waals surface area contributed by atoms with Gasteiger partial charge in [0.2, 0.25) is 0 Å². The maximum Gasteiger partial charge on any atom is 0.310 e. The van der Waals surface area contributed by atoms with Crippen molar-refractivity contribution in [3.63, 3.8) is 0 Å². The zero-order valence-electron chi connectivity index (χ0n) is 8.82. The molecule has 1 aromatic rings. The molecule has 0 amide bonds.